The first kappa shape index (κ1) is 18.6. The van der Waals surface area contributed by atoms with Gasteiger partial charge in [-0.05, 0) is 18.7 Å². The Labute approximate surface area is 155 Å². The van der Waals surface area contributed by atoms with Crippen LogP contribution in [0.3, 0.4) is 0 Å². The molecule has 9 nitrogen and oxygen atoms in total. The van der Waals surface area contributed by atoms with Gasteiger partial charge in [-0.25, -0.2) is 0 Å². The summed E-state index contributed by atoms with van der Waals surface area (Å²) in [5.41, 5.74) is 0.817. The summed E-state index contributed by atoms with van der Waals surface area (Å²) in [5.74, 6) is 2.67. The Morgan fingerprint density at radius 1 is 1.50 bits per heavy atom. The van der Waals surface area contributed by atoms with Crippen molar-refractivity contribution in [3.8, 4) is 5.75 Å². The number of nitrogens with one attached hydrogen (secondary N) is 1. The molecule has 0 bridgehead atoms. The van der Waals surface area contributed by atoms with E-state index in [1.807, 2.05) is 13.1 Å². The topological polar surface area (TPSA) is 107 Å². The summed E-state index contributed by atoms with van der Waals surface area (Å²) in [5, 5.41) is 18.5. The summed E-state index contributed by atoms with van der Waals surface area (Å²) in [6, 6.07) is 5.09. The van der Waals surface area contributed by atoms with Gasteiger partial charge >= 0.3 is 5.69 Å². The molecule has 0 saturated carbocycles. The first-order valence-electron chi connectivity index (χ1n) is 8.21. The third kappa shape index (κ3) is 4.32. The van der Waals surface area contributed by atoms with E-state index in [4.69, 9.17) is 9.26 Å². The van der Waals surface area contributed by atoms with Gasteiger partial charge in [-0.15, -0.1) is 11.8 Å². The molecule has 1 aliphatic heterocycles. The fraction of sp³-hybridized carbons (Fsp3) is 0.500. The Morgan fingerprint density at radius 2 is 2.35 bits per heavy atom. The smallest absolute Gasteiger partial charge is 0.311 e. The number of ether oxygens (including phenoxy) is 1. The number of hydrogen-bond donors (Lipinski definition) is 1. The molecule has 0 spiro atoms. The Kier molecular flexibility index (Phi) is 6.07. The highest BCUT2D eigenvalue weighted by Gasteiger charge is 2.25. The van der Waals surface area contributed by atoms with Crippen molar-refractivity contribution >= 4 is 17.4 Å². The van der Waals surface area contributed by atoms with Gasteiger partial charge in [-0.1, -0.05) is 11.2 Å². The lowest BCUT2D eigenvalue weighted by Crippen LogP contribution is -2.44. The zero-order chi connectivity index (χ0) is 18.5. The quantitative estimate of drug-likeness (QED) is 0.571. The summed E-state index contributed by atoms with van der Waals surface area (Å²) in [6.07, 6.45) is 0. The van der Waals surface area contributed by atoms with Gasteiger partial charge in [0.1, 0.15) is 0 Å². The van der Waals surface area contributed by atoms with Crippen molar-refractivity contribution in [2.45, 2.75) is 17.5 Å². The Bertz CT molecular complexity index is 769. The molecule has 1 atom stereocenters. The van der Waals surface area contributed by atoms with Gasteiger partial charge < -0.3 is 14.6 Å². The van der Waals surface area contributed by atoms with Gasteiger partial charge in [0.15, 0.2) is 11.6 Å². The van der Waals surface area contributed by atoms with Crippen molar-refractivity contribution in [1.82, 2.24) is 20.4 Å². The van der Waals surface area contributed by atoms with Gasteiger partial charge in [0.25, 0.3) is 0 Å². The Balaban J connectivity index is 1.57. The minimum absolute atomic E-state index is 0.0292. The predicted octanol–water partition coefficient (Wildman–Crippen LogP) is 2.00. The summed E-state index contributed by atoms with van der Waals surface area (Å²) in [7, 11) is 3.47. The SMILES string of the molecule is COc1ccc(CSCc2nc(C3CNCCN3C)no2)cc1[N+](=O)[O-]. The number of rotatable bonds is 7. The fourth-order valence-corrected chi connectivity index (χ4v) is 3.59. The van der Waals surface area contributed by atoms with Gasteiger partial charge in [0, 0.05) is 31.5 Å². The molecule has 1 aromatic carbocycles. The second-order valence-electron chi connectivity index (χ2n) is 6.00. The van der Waals surface area contributed by atoms with Crippen LogP contribution in [0.5, 0.6) is 5.75 Å². The van der Waals surface area contributed by atoms with Crippen LogP contribution in [-0.4, -0.2) is 53.8 Å². The molecule has 140 valence electrons. The number of nitro benzene ring substituents is 1. The summed E-state index contributed by atoms with van der Waals surface area (Å²) < 4.78 is 10.4. The average Bonchev–Trinajstić information content (AvgIpc) is 3.10. The van der Waals surface area contributed by atoms with E-state index < -0.39 is 4.92 Å². The summed E-state index contributed by atoms with van der Waals surface area (Å²) in [4.78, 5) is 17.3. The number of benzene rings is 1. The molecule has 1 N–H and O–H groups in total. The van der Waals surface area contributed by atoms with Crippen LogP contribution in [-0.2, 0) is 11.5 Å². The van der Waals surface area contributed by atoms with Crippen LogP contribution in [0, 0.1) is 10.1 Å². The molecule has 2 aromatic rings. The van der Waals surface area contributed by atoms with Gasteiger partial charge in [-0.3, -0.25) is 15.0 Å². The highest BCUT2D eigenvalue weighted by atomic mass is 32.2. The van der Waals surface area contributed by atoms with Crippen LogP contribution >= 0.6 is 11.8 Å². The lowest BCUT2D eigenvalue weighted by Gasteiger charge is -2.30. The number of thioether (sulfide) groups is 1. The minimum Gasteiger partial charge on any atom is -0.490 e. The molecule has 0 amide bonds. The molecule has 0 radical (unpaired) electrons. The van der Waals surface area contributed by atoms with E-state index in [2.05, 4.69) is 20.4 Å². The van der Waals surface area contributed by atoms with Crippen LogP contribution in [0.2, 0.25) is 0 Å². The number of methoxy groups -OCH3 is 1. The Morgan fingerprint density at radius 3 is 3.08 bits per heavy atom. The summed E-state index contributed by atoms with van der Waals surface area (Å²) in [6.45, 7) is 2.71. The molecule has 26 heavy (non-hydrogen) atoms. The number of likely N-dealkylation sites (N-methyl/N-ethyl adjacent to an activating group) is 1. The maximum Gasteiger partial charge on any atom is 0.311 e. The second-order valence-corrected chi connectivity index (χ2v) is 6.99. The number of nitro groups is 1. The fourth-order valence-electron chi connectivity index (χ4n) is 2.78. The first-order chi connectivity index (χ1) is 12.6. The molecule has 0 aliphatic carbocycles. The zero-order valence-electron chi connectivity index (χ0n) is 14.7. The molecule has 2 heterocycles. The van der Waals surface area contributed by atoms with Crippen molar-refractivity contribution in [3.05, 3.63) is 45.6 Å². The number of aromatic nitrogens is 2. The van der Waals surface area contributed by atoms with Crippen LogP contribution in [0.25, 0.3) is 0 Å². The lowest BCUT2D eigenvalue weighted by atomic mass is 10.2. The minimum atomic E-state index is -0.439. The number of nitrogens with zero attached hydrogens (tertiary/aromatic N) is 4. The molecule has 1 saturated heterocycles. The van der Waals surface area contributed by atoms with Crippen molar-refractivity contribution < 1.29 is 14.2 Å². The van der Waals surface area contributed by atoms with Gasteiger partial charge in [0.2, 0.25) is 5.89 Å². The standard InChI is InChI=1S/C16H21N5O4S/c1-20-6-5-17-8-13(20)16-18-15(25-19-16)10-26-9-11-3-4-14(24-2)12(7-11)21(22)23/h3-4,7,13,17H,5-6,8-10H2,1-2H3. The Hall–Kier alpha value is -2.17. The van der Waals surface area contributed by atoms with Crippen LogP contribution in [0.4, 0.5) is 5.69 Å². The maximum absolute atomic E-state index is 11.1. The van der Waals surface area contributed by atoms with Crippen LogP contribution in [0.15, 0.2) is 22.7 Å². The van der Waals surface area contributed by atoms with Gasteiger partial charge in [0.05, 0.1) is 23.8 Å². The third-order valence-corrected chi connectivity index (χ3v) is 5.22. The average molecular weight is 379 g/mol. The van der Waals surface area contributed by atoms with E-state index in [0.29, 0.717) is 23.2 Å². The molecule has 1 aromatic heterocycles. The van der Waals surface area contributed by atoms with E-state index in [1.54, 1.807) is 17.8 Å². The molecule has 1 aliphatic rings. The van der Waals surface area contributed by atoms with Crippen molar-refractivity contribution in [3.63, 3.8) is 0 Å². The summed E-state index contributed by atoms with van der Waals surface area (Å²) >= 11 is 1.57. The molecule has 3 rings (SSSR count). The normalized spacial score (nSPS) is 18.0. The highest BCUT2D eigenvalue weighted by Crippen LogP contribution is 2.29. The molecule has 1 fully saturated rings. The first-order valence-corrected chi connectivity index (χ1v) is 9.36. The monoisotopic (exact) mass is 379 g/mol. The predicted molar refractivity (Wildman–Crippen MR) is 97.2 cm³/mol. The second kappa shape index (κ2) is 8.47. The van der Waals surface area contributed by atoms with E-state index in [-0.39, 0.29) is 17.5 Å². The molecular weight excluding hydrogens is 358 g/mol. The van der Waals surface area contributed by atoms with E-state index >= 15 is 0 Å². The maximum atomic E-state index is 11.1. The van der Waals surface area contributed by atoms with Crippen LogP contribution in [0.1, 0.15) is 23.3 Å². The third-order valence-electron chi connectivity index (χ3n) is 4.23. The lowest BCUT2D eigenvalue weighted by molar-refractivity contribution is -0.385. The molecule has 10 heteroatoms. The zero-order valence-corrected chi connectivity index (χ0v) is 15.5. The van der Waals surface area contributed by atoms with E-state index in [0.717, 1.165) is 25.2 Å². The number of piperazine rings is 1. The van der Waals surface area contributed by atoms with Crippen molar-refractivity contribution in [2.75, 3.05) is 33.8 Å². The van der Waals surface area contributed by atoms with Crippen molar-refractivity contribution in [2.24, 2.45) is 0 Å². The number of hydrogen-bond acceptors (Lipinski definition) is 9. The molecular formula is C16H21N5O4S. The largest absolute Gasteiger partial charge is 0.490 e. The van der Waals surface area contributed by atoms with E-state index in [9.17, 15) is 10.1 Å². The van der Waals surface area contributed by atoms with E-state index in [1.165, 1.54) is 13.2 Å². The van der Waals surface area contributed by atoms with Gasteiger partial charge in [-0.2, -0.15) is 4.98 Å². The molecule has 1 unspecified atom stereocenters. The van der Waals surface area contributed by atoms with Crippen molar-refractivity contribution in [1.29, 1.82) is 0 Å². The van der Waals surface area contributed by atoms with Crippen LogP contribution < -0.4 is 10.1 Å². The highest BCUT2D eigenvalue weighted by molar-refractivity contribution is 7.97.